The third-order valence-corrected chi connectivity index (χ3v) is 3.65. The van der Waals surface area contributed by atoms with E-state index in [1.165, 1.54) is 0 Å². The number of carbonyl (C=O) groups is 1. The molecule has 21 heavy (non-hydrogen) atoms. The zero-order chi connectivity index (χ0) is 15.7. The van der Waals surface area contributed by atoms with Crippen LogP contribution in [0.4, 0.5) is 0 Å². The Hall–Kier alpha value is -1.40. The Balaban J connectivity index is 2.47. The Labute approximate surface area is 130 Å². The summed E-state index contributed by atoms with van der Waals surface area (Å²) in [5, 5.41) is 12.4. The number of carbonyl (C=O) groups excluding carboxylic acids is 1. The van der Waals surface area contributed by atoms with E-state index < -0.39 is 6.10 Å². The summed E-state index contributed by atoms with van der Waals surface area (Å²) in [7, 11) is 3.13. The van der Waals surface area contributed by atoms with Crippen LogP contribution in [0.1, 0.15) is 12.0 Å². The summed E-state index contributed by atoms with van der Waals surface area (Å²) in [5.41, 5.74) is 0.837. The molecule has 1 amide bonds. The van der Waals surface area contributed by atoms with Gasteiger partial charge in [0.25, 0.3) is 0 Å². The summed E-state index contributed by atoms with van der Waals surface area (Å²) >= 11 is 1.68. The molecule has 1 aromatic rings. The van der Waals surface area contributed by atoms with Crippen LogP contribution in [0.2, 0.25) is 0 Å². The minimum atomic E-state index is -0.494. The molecule has 0 radical (unpaired) electrons. The number of benzene rings is 1. The largest absolute Gasteiger partial charge is 0.493 e. The normalized spacial score (nSPS) is 11.8. The Bertz CT molecular complexity index is 453. The van der Waals surface area contributed by atoms with E-state index >= 15 is 0 Å². The van der Waals surface area contributed by atoms with Crippen molar-refractivity contribution >= 4 is 17.7 Å². The molecule has 0 aliphatic heterocycles. The molecule has 6 heteroatoms. The molecule has 1 rings (SSSR count). The Morgan fingerprint density at radius 2 is 2.05 bits per heavy atom. The van der Waals surface area contributed by atoms with Crippen molar-refractivity contribution in [2.24, 2.45) is 0 Å². The first kappa shape index (κ1) is 17.7. The Morgan fingerprint density at radius 3 is 2.67 bits per heavy atom. The fraction of sp³-hybridized carbons (Fsp3) is 0.533. The zero-order valence-electron chi connectivity index (χ0n) is 12.7. The van der Waals surface area contributed by atoms with E-state index in [1.807, 2.05) is 12.3 Å². The monoisotopic (exact) mass is 313 g/mol. The highest BCUT2D eigenvalue weighted by Gasteiger charge is 2.10. The van der Waals surface area contributed by atoms with E-state index in [2.05, 4.69) is 5.32 Å². The second-order valence-corrected chi connectivity index (χ2v) is 5.59. The van der Waals surface area contributed by atoms with Crippen LogP contribution in [0.25, 0.3) is 0 Å². The lowest BCUT2D eigenvalue weighted by atomic mass is 10.1. The van der Waals surface area contributed by atoms with Crippen molar-refractivity contribution in [3.05, 3.63) is 23.8 Å². The van der Waals surface area contributed by atoms with E-state index in [9.17, 15) is 9.90 Å². The van der Waals surface area contributed by atoms with Crippen LogP contribution in [-0.2, 0) is 11.2 Å². The third kappa shape index (κ3) is 6.27. The molecule has 0 aliphatic carbocycles. The molecule has 1 atom stereocenters. The van der Waals surface area contributed by atoms with Crippen molar-refractivity contribution in [2.45, 2.75) is 18.9 Å². The number of amides is 1. The van der Waals surface area contributed by atoms with Gasteiger partial charge in [-0.2, -0.15) is 11.8 Å². The summed E-state index contributed by atoms with van der Waals surface area (Å²) in [6, 6.07) is 5.38. The van der Waals surface area contributed by atoms with Gasteiger partial charge in [-0.15, -0.1) is 0 Å². The van der Waals surface area contributed by atoms with Crippen molar-refractivity contribution in [3.8, 4) is 11.5 Å². The van der Waals surface area contributed by atoms with Crippen molar-refractivity contribution in [1.29, 1.82) is 0 Å². The van der Waals surface area contributed by atoms with Crippen molar-refractivity contribution in [1.82, 2.24) is 5.32 Å². The third-order valence-electron chi connectivity index (χ3n) is 3.00. The minimum Gasteiger partial charge on any atom is -0.493 e. The number of nitrogens with one attached hydrogen (secondary N) is 1. The number of hydrogen-bond acceptors (Lipinski definition) is 5. The topological polar surface area (TPSA) is 67.8 Å². The van der Waals surface area contributed by atoms with Gasteiger partial charge in [0.2, 0.25) is 5.91 Å². The van der Waals surface area contributed by atoms with Gasteiger partial charge in [-0.25, -0.2) is 0 Å². The molecule has 0 aliphatic rings. The fourth-order valence-electron chi connectivity index (χ4n) is 1.83. The maximum absolute atomic E-state index is 11.8. The molecule has 0 spiro atoms. The number of hydrogen-bond donors (Lipinski definition) is 2. The van der Waals surface area contributed by atoms with Gasteiger partial charge in [-0.05, 0) is 36.1 Å². The Kier molecular flexibility index (Phi) is 8.00. The lowest BCUT2D eigenvalue weighted by Gasteiger charge is -2.12. The van der Waals surface area contributed by atoms with Crippen LogP contribution in [0.15, 0.2) is 18.2 Å². The average molecular weight is 313 g/mol. The van der Waals surface area contributed by atoms with Gasteiger partial charge in [0.05, 0.1) is 26.7 Å². The standard InChI is InChI=1S/C15H23NO4S/c1-19-13-5-4-11(8-14(13)20-2)9-15(18)16-10-12(17)6-7-21-3/h4-5,8,12,17H,6-7,9-10H2,1-3H3,(H,16,18). The number of methoxy groups -OCH3 is 2. The highest BCUT2D eigenvalue weighted by Crippen LogP contribution is 2.27. The maximum atomic E-state index is 11.8. The molecular weight excluding hydrogens is 290 g/mol. The number of rotatable bonds is 9. The average Bonchev–Trinajstić information content (AvgIpc) is 2.50. The molecule has 0 saturated heterocycles. The van der Waals surface area contributed by atoms with E-state index in [4.69, 9.17) is 9.47 Å². The van der Waals surface area contributed by atoms with E-state index in [1.54, 1.807) is 38.1 Å². The lowest BCUT2D eigenvalue weighted by molar-refractivity contribution is -0.120. The first-order valence-electron chi connectivity index (χ1n) is 6.75. The molecule has 0 saturated carbocycles. The van der Waals surface area contributed by atoms with Crippen LogP contribution < -0.4 is 14.8 Å². The highest BCUT2D eigenvalue weighted by atomic mass is 32.2. The van der Waals surface area contributed by atoms with Gasteiger partial charge in [-0.1, -0.05) is 6.07 Å². The molecule has 2 N–H and O–H groups in total. The fourth-order valence-corrected chi connectivity index (χ4v) is 2.33. The van der Waals surface area contributed by atoms with E-state index in [-0.39, 0.29) is 18.9 Å². The molecule has 0 heterocycles. The second kappa shape index (κ2) is 9.52. The minimum absolute atomic E-state index is 0.120. The smallest absolute Gasteiger partial charge is 0.224 e. The van der Waals surface area contributed by atoms with E-state index in [0.717, 1.165) is 11.3 Å². The van der Waals surface area contributed by atoms with Crippen molar-refractivity contribution in [3.63, 3.8) is 0 Å². The summed E-state index contributed by atoms with van der Waals surface area (Å²) in [6.45, 7) is 0.284. The number of aliphatic hydroxyl groups excluding tert-OH is 1. The lowest BCUT2D eigenvalue weighted by Crippen LogP contribution is -2.33. The highest BCUT2D eigenvalue weighted by molar-refractivity contribution is 7.98. The van der Waals surface area contributed by atoms with Gasteiger partial charge in [0.15, 0.2) is 11.5 Å². The van der Waals surface area contributed by atoms with Gasteiger partial charge in [0.1, 0.15) is 0 Å². The number of ether oxygens (including phenoxy) is 2. The SMILES string of the molecule is COc1ccc(CC(=O)NCC(O)CCSC)cc1OC. The molecule has 0 bridgehead atoms. The summed E-state index contributed by atoms with van der Waals surface area (Å²) < 4.78 is 10.4. The molecular formula is C15H23NO4S. The number of aliphatic hydroxyl groups is 1. The number of thioether (sulfide) groups is 1. The van der Waals surface area contributed by atoms with Gasteiger partial charge in [0, 0.05) is 6.54 Å². The molecule has 1 unspecified atom stereocenters. The van der Waals surface area contributed by atoms with Crippen LogP contribution in [-0.4, -0.2) is 49.9 Å². The molecule has 0 aromatic heterocycles. The van der Waals surface area contributed by atoms with Crippen LogP contribution in [0.3, 0.4) is 0 Å². The quantitative estimate of drug-likeness (QED) is 0.723. The second-order valence-electron chi connectivity index (χ2n) is 4.61. The summed E-state index contributed by atoms with van der Waals surface area (Å²) in [6.07, 6.45) is 2.42. The van der Waals surface area contributed by atoms with Crippen molar-refractivity contribution < 1.29 is 19.4 Å². The van der Waals surface area contributed by atoms with Crippen LogP contribution >= 0.6 is 11.8 Å². The van der Waals surface area contributed by atoms with Gasteiger partial charge in [-0.3, -0.25) is 4.79 Å². The predicted molar refractivity (Wildman–Crippen MR) is 85.3 cm³/mol. The first-order chi connectivity index (χ1) is 10.1. The molecule has 5 nitrogen and oxygen atoms in total. The molecule has 0 fully saturated rings. The predicted octanol–water partition coefficient (Wildman–Crippen LogP) is 1.48. The van der Waals surface area contributed by atoms with Gasteiger partial charge >= 0.3 is 0 Å². The van der Waals surface area contributed by atoms with E-state index in [0.29, 0.717) is 17.9 Å². The van der Waals surface area contributed by atoms with Crippen molar-refractivity contribution in [2.75, 3.05) is 32.8 Å². The zero-order valence-corrected chi connectivity index (χ0v) is 13.5. The molecule has 1 aromatic carbocycles. The Morgan fingerprint density at radius 1 is 1.33 bits per heavy atom. The summed E-state index contributed by atoms with van der Waals surface area (Å²) in [5.74, 6) is 1.99. The first-order valence-corrected chi connectivity index (χ1v) is 8.14. The molecule has 118 valence electrons. The van der Waals surface area contributed by atoms with Crippen LogP contribution in [0, 0.1) is 0 Å². The maximum Gasteiger partial charge on any atom is 0.224 e. The van der Waals surface area contributed by atoms with Crippen LogP contribution in [0.5, 0.6) is 11.5 Å². The summed E-state index contributed by atoms with van der Waals surface area (Å²) in [4.78, 5) is 11.8. The van der Waals surface area contributed by atoms with Gasteiger partial charge < -0.3 is 19.9 Å².